The molecule has 0 aromatic rings. The molecule has 13 heavy (non-hydrogen) atoms. The number of aliphatic hydroxyl groups excluding tert-OH is 1. The number of hydrogen-bond donors (Lipinski definition) is 2. The van der Waals surface area contributed by atoms with Crippen LogP contribution in [-0.2, 0) is 14.3 Å². The van der Waals surface area contributed by atoms with Gasteiger partial charge in [-0.25, -0.2) is 4.79 Å². The molecule has 1 unspecified atom stereocenters. The molecule has 0 aliphatic heterocycles. The first-order chi connectivity index (χ1) is 5.90. The maximum atomic E-state index is 11.0. The summed E-state index contributed by atoms with van der Waals surface area (Å²) in [7, 11) is 0. The fourth-order valence-corrected chi connectivity index (χ4v) is 0.743. The van der Waals surface area contributed by atoms with Gasteiger partial charge in [0.2, 0.25) is 0 Å². The Morgan fingerprint density at radius 2 is 2.08 bits per heavy atom. The number of esters is 1. The largest absolute Gasteiger partial charge is 0.464 e. The van der Waals surface area contributed by atoms with Crippen molar-refractivity contribution in [1.82, 2.24) is 0 Å². The van der Waals surface area contributed by atoms with Gasteiger partial charge in [0.15, 0.2) is 11.9 Å². The highest BCUT2D eigenvalue weighted by Crippen LogP contribution is 2.08. The van der Waals surface area contributed by atoms with Gasteiger partial charge in [-0.15, -0.1) is 0 Å². The molecule has 0 aromatic heterocycles. The van der Waals surface area contributed by atoms with Crippen molar-refractivity contribution in [3.63, 3.8) is 0 Å². The molecular weight excluding hydrogens is 176 g/mol. The average Bonchev–Trinajstić information content (AvgIpc) is 1.99. The molecule has 0 aliphatic carbocycles. The first-order valence-corrected chi connectivity index (χ1v) is 4.08. The molecule has 1 atom stereocenters. The van der Waals surface area contributed by atoms with Crippen LogP contribution in [0.25, 0.3) is 0 Å². The second kappa shape index (κ2) is 5.16. The third-order valence-electron chi connectivity index (χ3n) is 1.15. The van der Waals surface area contributed by atoms with Gasteiger partial charge in [0, 0.05) is 0 Å². The van der Waals surface area contributed by atoms with Gasteiger partial charge in [0.1, 0.15) is 0 Å². The number of carbonyl (C=O) groups is 1. The van der Waals surface area contributed by atoms with E-state index in [9.17, 15) is 9.90 Å². The van der Waals surface area contributed by atoms with Crippen LogP contribution in [0.5, 0.6) is 0 Å². The van der Waals surface area contributed by atoms with E-state index < -0.39 is 24.5 Å². The molecule has 0 radical (unpaired) electrons. The summed E-state index contributed by atoms with van der Waals surface area (Å²) in [5.41, 5.74) is 0. The Morgan fingerprint density at radius 3 is 2.38 bits per heavy atom. The van der Waals surface area contributed by atoms with Gasteiger partial charge < -0.3 is 19.7 Å². The van der Waals surface area contributed by atoms with Crippen LogP contribution in [-0.4, -0.2) is 41.3 Å². The van der Waals surface area contributed by atoms with Crippen molar-refractivity contribution < 1.29 is 24.5 Å². The minimum atomic E-state index is -1.46. The zero-order valence-corrected chi connectivity index (χ0v) is 8.11. The van der Waals surface area contributed by atoms with E-state index >= 15 is 0 Å². The van der Waals surface area contributed by atoms with E-state index in [1.165, 1.54) is 13.8 Å². The number of rotatable bonds is 5. The molecule has 0 aromatic carbocycles. The predicted octanol–water partition coefficient (Wildman–Crippen LogP) is -0.345. The van der Waals surface area contributed by atoms with Crippen LogP contribution >= 0.6 is 0 Å². The maximum Gasteiger partial charge on any atom is 0.337 e. The van der Waals surface area contributed by atoms with Gasteiger partial charge in [0.25, 0.3) is 0 Å². The lowest BCUT2D eigenvalue weighted by atomic mass is 10.3. The zero-order chi connectivity index (χ0) is 10.5. The van der Waals surface area contributed by atoms with Crippen molar-refractivity contribution in [2.24, 2.45) is 0 Å². The molecule has 0 bridgehead atoms. The van der Waals surface area contributed by atoms with E-state index in [0.717, 1.165) is 0 Å². The highest BCUT2D eigenvalue weighted by atomic mass is 16.7. The van der Waals surface area contributed by atoms with Crippen LogP contribution in [0.1, 0.15) is 20.8 Å². The van der Waals surface area contributed by atoms with Crippen molar-refractivity contribution in [3.8, 4) is 0 Å². The Hall–Kier alpha value is -0.650. The summed E-state index contributed by atoms with van der Waals surface area (Å²) in [4.78, 5) is 11.0. The molecule has 0 amide bonds. The molecule has 2 N–H and O–H groups in total. The maximum absolute atomic E-state index is 11.0. The standard InChI is InChI=1S/C8H16O5/c1-4-12-7(10)6(5-9)13-8(2,3)11/h6,9,11H,4-5H2,1-3H3. The van der Waals surface area contributed by atoms with Crippen LogP contribution in [0.3, 0.4) is 0 Å². The van der Waals surface area contributed by atoms with E-state index in [1.54, 1.807) is 6.92 Å². The highest BCUT2D eigenvalue weighted by molar-refractivity contribution is 5.74. The van der Waals surface area contributed by atoms with Crippen LogP contribution in [0.4, 0.5) is 0 Å². The third-order valence-corrected chi connectivity index (χ3v) is 1.15. The minimum Gasteiger partial charge on any atom is -0.464 e. The quantitative estimate of drug-likeness (QED) is 0.460. The smallest absolute Gasteiger partial charge is 0.337 e. The van der Waals surface area contributed by atoms with Crippen LogP contribution in [0.15, 0.2) is 0 Å². The Labute approximate surface area is 77.3 Å². The summed E-state index contributed by atoms with van der Waals surface area (Å²) in [6.45, 7) is 4.09. The van der Waals surface area contributed by atoms with Crippen molar-refractivity contribution in [1.29, 1.82) is 0 Å². The molecule has 0 heterocycles. The average molecular weight is 192 g/mol. The molecule has 0 saturated heterocycles. The molecule has 0 saturated carbocycles. The van der Waals surface area contributed by atoms with Crippen LogP contribution < -0.4 is 0 Å². The fourth-order valence-electron chi connectivity index (χ4n) is 0.743. The fraction of sp³-hybridized carbons (Fsp3) is 0.875. The number of carbonyl (C=O) groups excluding carboxylic acids is 1. The van der Waals surface area contributed by atoms with Crippen molar-refractivity contribution in [2.45, 2.75) is 32.7 Å². The van der Waals surface area contributed by atoms with Gasteiger partial charge in [-0.2, -0.15) is 0 Å². The lowest BCUT2D eigenvalue weighted by molar-refractivity contribution is -0.222. The van der Waals surface area contributed by atoms with Gasteiger partial charge in [-0.05, 0) is 20.8 Å². The predicted molar refractivity (Wildman–Crippen MR) is 44.9 cm³/mol. The molecule has 78 valence electrons. The van der Waals surface area contributed by atoms with E-state index in [-0.39, 0.29) is 6.61 Å². The summed E-state index contributed by atoms with van der Waals surface area (Å²) in [5, 5.41) is 17.9. The minimum absolute atomic E-state index is 0.213. The Bertz CT molecular complexity index is 160. The van der Waals surface area contributed by atoms with E-state index in [4.69, 9.17) is 9.84 Å². The second-order valence-corrected chi connectivity index (χ2v) is 2.99. The van der Waals surface area contributed by atoms with Gasteiger partial charge in [-0.3, -0.25) is 0 Å². The van der Waals surface area contributed by atoms with Crippen LogP contribution in [0, 0.1) is 0 Å². The molecule has 0 spiro atoms. The summed E-state index contributed by atoms with van der Waals surface area (Å²) in [5.74, 6) is -2.13. The zero-order valence-electron chi connectivity index (χ0n) is 8.11. The Morgan fingerprint density at radius 1 is 1.54 bits per heavy atom. The number of aliphatic hydroxyl groups is 2. The highest BCUT2D eigenvalue weighted by Gasteiger charge is 2.26. The van der Waals surface area contributed by atoms with E-state index in [1.807, 2.05) is 0 Å². The van der Waals surface area contributed by atoms with E-state index in [2.05, 4.69) is 4.74 Å². The van der Waals surface area contributed by atoms with Crippen molar-refractivity contribution in [2.75, 3.05) is 13.2 Å². The van der Waals surface area contributed by atoms with E-state index in [0.29, 0.717) is 0 Å². The van der Waals surface area contributed by atoms with Gasteiger partial charge in [0.05, 0.1) is 13.2 Å². The van der Waals surface area contributed by atoms with Crippen molar-refractivity contribution in [3.05, 3.63) is 0 Å². The first-order valence-electron chi connectivity index (χ1n) is 4.08. The van der Waals surface area contributed by atoms with Gasteiger partial charge in [-0.1, -0.05) is 0 Å². The monoisotopic (exact) mass is 192 g/mol. The molecule has 5 heteroatoms. The SMILES string of the molecule is CCOC(=O)C(CO)OC(C)(C)O. The lowest BCUT2D eigenvalue weighted by Crippen LogP contribution is -2.38. The summed E-state index contributed by atoms with van der Waals surface area (Å²) >= 11 is 0. The molecule has 0 aliphatic rings. The number of ether oxygens (including phenoxy) is 2. The first kappa shape index (κ1) is 12.3. The summed E-state index contributed by atoms with van der Waals surface area (Å²) in [6.07, 6.45) is -1.13. The summed E-state index contributed by atoms with van der Waals surface area (Å²) in [6, 6.07) is 0. The molecular formula is C8H16O5. The lowest BCUT2D eigenvalue weighted by Gasteiger charge is -2.23. The topological polar surface area (TPSA) is 76.0 Å². The third kappa shape index (κ3) is 5.57. The van der Waals surface area contributed by atoms with Crippen molar-refractivity contribution >= 4 is 5.97 Å². The summed E-state index contributed by atoms with van der Waals surface area (Å²) < 4.78 is 9.44. The molecule has 0 rings (SSSR count). The van der Waals surface area contributed by atoms with Gasteiger partial charge >= 0.3 is 5.97 Å². The second-order valence-electron chi connectivity index (χ2n) is 2.99. The number of hydrogen-bond acceptors (Lipinski definition) is 5. The molecule has 5 nitrogen and oxygen atoms in total. The normalized spacial score (nSPS) is 13.9. The Kier molecular flexibility index (Phi) is 4.90. The van der Waals surface area contributed by atoms with Crippen LogP contribution in [0.2, 0.25) is 0 Å². The Balaban J connectivity index is 4.10. The molecule has 0 fully saturated rings.